The predicted molar refractivity (Wildman–Crippen MR) is 108 cm³/mol. The van der Waals surface area contributed by atoms with Crippen molar-refractivity contribution < 1.29 is 28.7 Å². The van der Waals surface area contributed by atoms with Crippen LogP contribution in [-0.4, -0.2) is 51.2 Å². The largest absolute Gasteiger partial charge is 0.497 e. The number of carbonyl (C=O) groups is 2. The van der Waals surface area contributed by atoms with Gasteiger partial charge in [-0.1, -0.05) is 0 Å². The number of quaternary nitrogens is 1. The number of hydrogen-bond acceptors (Lipinski definition) is 5. The molecule has 0 radical (unpaired) electrons. The molecule has 0 bridgehead atoms. The quantitative estimate of drug-likeness (QED) is 0.548. The summed E-state index contributed by atoms with van der Waals surface area (Å²) in [6.07, 6.45) is 2.01. The van der Waals surface area contributed by atoms with Crippen molar-refractivity contribution in [1.29, 1.82) is 0 Å². The van der Waals surface area contributed by atoms with Gasteiger partial charge >= 0.3 is 5.97 Å². The molecule has 2 heterocycles. The summed E-state index contributed by atoms with van der Waals surface area (Å²) in [6, 6.07) is 5.94. The van der Waals surface area contributed by atoms with Crippen LogP contribution in [-0.2, 0) is 4.74 Å². The van der Waals surface area contributed by atoms with Crippen LogP contribution in [0.25, 0.3) is 0 Å². The molecule has 0 spiro atoms. The van der Waals surface area contributed by atoms with E-state index in [1.807, 2.05) is 18.2 Å². The van der Waals surface area contributed by atoms with Crippen LogP contribution in [0, 0.1) is 13.8 Å². The van der Waals surface area contributed by atoms with Crippen molar-refractivity contribution in [3.8, 4) is 11.5 Å². The number of aryl methyl sites for hydroxylation is 1. The van der Waals surface area contributed by atoms with Crippen molar-refractivity contribution in [3.63, 3.8) is 0 Å². The minimum absolute atomic E-state index is 0.00971. The van der Waals surface area contributed by atoms with Gasteiger partial charge in [0.2, 0.25) is 5.78 Å². The zero-order chi connectivity index (χ0) is 21.1. The van der Waals surface area contributed by atoms with Gasteiger partial charge in [-0.2, -0.15) is 0 Å². The highest BCUT2D eigenvalue weighted by Gasteiger charge is 2.35. The number of esters is 1. The van der Waals surface area contributed by atoms with Gasteiger partial charge in [-0.3, -0.25) is 4.79 Å². The second-order valence-electron chi connectivity index (χ2n) is 7.43. The standard InChI is InChI=1S/C22H28N2O5/c1-13-20(22(26)29-5)14(2)23-21(13)18(25)12-24-10-6-7-17(24)16-11-15(27-3)8-9-19(16)28-4/h8-9,11,17,23H,6-7,10,12H2,1-5H3/p+1/t17-/m1/s1. The molecule has 7 heteroatoms. The Morgan fingerprint density at radius 2 is 1.93 bits per heavy atom. The lowest BCUT2D eigenvalue weighted by Gasteiger charge is -2.23. The Balaban J connectivity index is 1.85. The van der Waals surface area contributed by atoms with Crippen molar-refractivity contribution in [2.24, 2.45) is 0 Å². The Morgan fingerprint density at radius 1 is 1.17 bits per heavy atom. The van der Waals surface area contributed by atoms with Crippen molar-refractivity contribution >= 4 is 11.8 Å². The highest BCUT2D eigenvalue weighted by atomic mass is 16.5. The van der Waals surface area contributed by atoms with Gasteiger partial charge in [0.25, 0.3) is 0 Å². The number of aromatic nitrogens is 1. The van der Waals surface area contributed by atoms with Crippen molar-refractivity contribution in [2.75, 3.05) is 34.4 Å². The summed E-state index contributed by atoms with van der Waals surface area (Å²) in [5.74, 6) is 1.15. The third-order valence-corrected chi connectivity index (χ3v) is 5.79. The van der Waals surface area contributed by atoms with Crippen LogP contribution < -0.4 is 14.4 Å². The molecular weight excluding hydrogens is 372 g/mol. The number of ketones is 1. The number of Topliss-reactive ketones (excluding diaryl/α,β-unsaturated/α-hetero) is 1. The van der Waals surface area contributed by atoms with Crippen molar-refractivity contribution in [3.05, 3.63) is 46.3 Å². The maximum Gasteiger partial charge on any atom is 0.339 e. The Labute approximate surface area is 170 Å². The molecule has 2 atom stereocenters. The lowest BCUT2D eigenvalue weighted by atomic mass is 10.0. The van der Waals surface area contributed by atoms with Gasteiger partial charge in [0, 0.05) is 18.5 Å². The molecule has 1 aliphatic heterocycles. The first-order valence-electron chi connectivity index (χ1n) is 9.78. The zero-order valence-corrected chi connectivity index (χ0v) is 17.7. The fourth-order valence-corrected chi connectivity index (χ4v) is 4.34. The van der Waals surface area contributed by atoms with Gasteiger partial charge in [0.05, 0.1) is 44.7 Å². The van der Waals surface area contributed by atoms with Gasteiger partial charge < -0.3 is 24.1 Å². The fourth-order valence-electron chi connectivity index (χ4n) is 4.34. The Kier molecular flexibility index (Phi) is 6.27. The Bertz CT molecular complexity index is 918. The molecule has 0 aliphatic carbocycles. The number of benzene rings is 1. The van der Waals surface area contributed by atoms with E-state index in [9.17, 15) is 9.59 Å². The molecule has 29 heavy (non-hydrogen) atoms. The fraction of sp³-hybridized carbons (Fsp3) is 0.455. The van der Waals surface area contributed by atoms with E-state index in [-0.39, 0.29) is 11.8 Å². The van der Waals surface area contributed by atoms with Crippen LogP contribution in [0.2, 0.25) is 0 Å². The summed E-state index contributed by atoms with van der Waals surface area (Å²) >= 11 is 0. The summed E-state index contributed by atoms with van der Waals surface area (Å²) in [6.45, 7) is 4.80. The normalized spacial score (nSPS) is 18.5. The zero-order valence-electron chi connectivity index (χ0n) is 17.7. The molecule has 0 amide bonds. The summed E-state index contributed by atoms with van der Waals surface area (Å²) in [5, 5.41) is 0. The van der Waals surface area contributed by atoms with Gasteiger partial charge in [0.15, 0.2) is 0 Å². The highest BCUT2D eigenvalue weighted by molar-refractivity contribution is 6.01. The molecule has 1 fully saturated rings. The Morgan fingerprint density at radius 3 is 2.59 bits per heavy atom. The molecule has 1 aromatic carbocycles. The number of ether oxygens (including phenoxy) is 3. The van der Waals surface area contributed by atoms with Crippen LogP contribution in [0.5, 0.6) is 11.5 Å². The van der Waals surface area contributed by atoms with Crippen LogP contribution >= 0.6 is 0 Å². The SMILES string of the molecule is COC(=O)c1c(C)[nH]c(C(=O)C[NH+]2CCC[C@@H]2c2cc(OC)ccc2OC)c1C. The molecule has 3 rings (SSSR count). The minimum atomic E-state index is -0.428. The summed E-state index contributed by atoms with van der Waals surface area (Å²) in [5.41, 5.74) is 3.28. The second kappa shape index (κ2) is 8.69. The van der Waals surface area contributed by atoms with Crippen LogP contribution in [0.4, 0.5) is 0 Å². The lowest BCUT2D eigenvalue weighted by molar-refractivity contribution is -0.910. The van der Waals surface area contributed by atoms with E-state index in [0.717, 1.165) is 36.4 Å². The maximum absolute atomic E-state index is 13.1. The van der Waals surface area contributed by atoms with Crippen LogP contribution in [0.3, 0.4) is 0 Å². The highest BCUT2D eigenvalue weighted by Crippen LogP contribution is 2.31. The molecule has 7 nitrogen and oxygen atoms in total. The number of hydrogen-bond donors (Lipinski definition) is 2. The van der Waals surface area contributed by atoms with E-state index in [2.05, 4.69) is 4.98 Å². The number of rotatable bonds is 7. The van der Waals surface area contributed by atoms with Crippen molar-refractivity contribution in [1.82, 2.24) is 4.98 Å². The molecule has 1 aromatic heterocycles. The molecule has 2 aromatic rings. The Hall–Kier alpha value is -2.80. The second-order valence-corrected chi connectivity index (χ2v) is 7.43. The van der Waals surface area contributed by atoms with Crippen LogP contribution in [0.15, 0.2) is 18.2 Å². The van der Waals surface area contributed by atoms with Crippen molar-refractivity contribution in [2.45, 2.75) is 32.7 Å². The number of H-pyrrole nitrogens is 1. The number of nitrogens with one attached hydrogen (secondary N) is 2. The van der Waals surface area contributed by atoms with Gasteiger partial charge in [0.1, 0.15) is 24.1 Å². The first-order valence-corrected chi connectivity index (χ1v) is 9.78. The monoisotopic (exact) mass is 401 g/mol. The smallest absolute Gasteiger partial charge is 0.339 e. The molecule has 2 N–H and O–H groups in total. The minimum Gasteiger partial charge on any atom is -0.497 e. The first kappa shape index (κ1) is 20.9. The third-order valence-electron chi connectivity index (χ3n) is 5.79. The lowest BCUT2D eigenvalue weighted by Crippen LogP contribution is -3.11. The summed E-state index contributed by atoms with van der Waals surface area (Å²) in [4.78, 5) is 29.4. The number of aromatic amines is 1. The number of carbonyl (C=O) groups excluding carboxylic acids is 2. The first-order chi connectivity index (χ1) is 13.9. The third kappa shape index (κ3) is 4.00. The summed E-state index contributed by atoms with van der Waals surface area (Å²) in [7, 11) is 4.64. The molecule has 1 unspecified atom stereocenters. The van der Waals surface area contributed by atoms with E-state index < -0.39 is 5.97 Å². The van der Waals surface area contributed by atoms with E-state index in [0.29, 0.717) is 29.1 Å². The van der Waals surface area contributed by atoms with Crippen LogP contribution in [0.1, 0.15) is 56.6 Å². The molecule has 0 saturated carbocycles. The molecule has 1 aliphatic rings. The van der Waals surface area contributed by atoms with E-state index in [1.54, 1.807) is 28.1 Å². The molecule has 1 saturated heterocycles. The number of methoxy groups -OCH3 is 3. The predicted octanol–water partition coefficient (Wildman–Crippen LogP) is 2.04. The number of likely N-dealkylation sites (tertiary alicyclic amines) is 1. The average molecular weight is 401 g/mol. The topological polar surface area (TPSA) is 82.1 Å². The molecule has 156 valence electrons. The molecular formula is C22H29N2O5+. The van der Waals surface area contributed by atoms with Gasteiger partial charge in [-0.15, -0.1) is 0 Å². The van der Waals surface area contributed by atoms with E-state index in [4.69, 9.17) is 14.2 Å². The maximum atomic E-state index is 13.1. The van der Waals surface area contributed by atoms with E-state index in [1.165, 1.54) is 12.0 Å². The average Bonchev–Trinajstić information content (AvgIpc) is 3.30. The summed E-state index contributed by atoms with van der Waals surface area (Å²) < 4.78 is 15.8. The van der Waals surface area contributed by atoms with E-state index >= 15 is 0 Å². The van der Waals surface area contributed by atoms with Gasteiger partial charge in [-0.05, 0) is 37.6 Å². The van der Waals surface area contributed by atoms with Gasteiger partial charge in [-0.25, -0.2) is 4.79 Å².